The predicted octanol–water partition coefficient (Wildman–Crippen LogP) is 3.63. The normalized spacial score (nSPS) is 23.4. The van der Waals surface area contributed by atoms with Crippen LogP contribution in [0.3, 0.4) is 0 Å². The molecule has 3 heterocycles. The number of nitrogens with zero attached hydrogens (tertiary/aromatic N) is 3. The van der Waals surface area contributed by atoms with E-state index in [9.17, 15) is 0 Å². The van der Waals surface area contributed by atoms with Crippen molar-refractivity contribution in [2.75, 3.05) is 18.5 Å². The highest BCUT2D eigenvalue weighted by atomic mass is 16.5. The van der Waals surface area contributed by atoms with Crippen LogP contribution in [0.5, 0.6) is 0 Å². The Bertz CT molecular complexity index is 896. The fourth-order valence-corrected chi connectivity index (χ4v) is 3.64. The molecular weight excluding hydrogens is 316 g/mol. The fourth-order valence-electron chi connectivity index (χ4n) is 3.64. The third kappa shape index (κ3) is 2.80. The lowest BCUT2D eigenvalue weighted by Crippen LogP contribution is -2.19. The second-order valence-electron chi connectivity index (χ2n) is 7.11. The molecule has 1 N–H and O–H groups in total. The molecular formula is C19H22N4O2. The van der Waals surface area contributed by atoms with Crippen LogP contribution < -0.4 is 5.32 Å². The van der Waals surface area contributed by atoms with Crippen LogP contribution in [0.4, 0.5) is 5.69 Å². The van der Waals surface area contributed by atoms with Gasteiger partial charge in [0.05, 0.1) is 5.69 Å². The quantitative estimate of drug-likeness (QED) is 0.769. The standard InChI is InChI=1S/C19H22N4O2/c1-23-16(6-8-21-23)18-13(7-9-24-18)11-20-14-4-5-17-15(10-14)22-19(25-17)12-2-3-12/h4-6,8,10,12-13,18,20H,2-3,7,9,11H2,1H3/t13-,18+/m0/s1. The molecule has 3 aromatic rings. The van der Waals surface area contributed by atoms with Gasteiger partial charge in [-0.3, -0.25) is 4.68 Å². The molecule has 0 unspecified atom stereocenters. The van der Waals surface area contributed by atoms with Crippen LogP contribution >= 0.6 is 0 Å². The minimum atomic E-state index is 0.109. The fraction of sp³-hybridized carbons (Fsp3) is 0.474. The topological polar surface area (TPSA) is 65.1 Å². The molecule has 2 aliphatic rings. The Morgan fingerprint density at radius 1 is 1.24 bits per heavy atom. The minimum Gasteiger partial charge on any atom is -0.440 e. The lowest BCUT2D eigenvalue weighted by molar-refractivity contribution is 0.0866. The lowest BCUT2D eigenvalue weighted by Gasteiger charge is -2.19. The van der Waals surface area contributed by atoms with Gasteiger partial charge in [0.1, 0.15) is 11.6 Å². The molecule has 25 heavy (non-hydrogen) atoms. The molecule has 6 nitrogen and oxygen atoms in total. The van der Waals surface area contributed by atoms with E-state index in [2.05, 4.69) is 27.5 Å². The summed E-state index contributed by atoms with van der Waals surface area (Å²) in [6.07, 6.45) is 5.40. The first kappa shape index (κ1) is 15.0. The molecule has 0 bridgehead atoms. The Morgan fingerprint density at radius 3 is 2.96 bits per heavy atom. The maximum absolute atomic E-state index is 5.96. The third-order valence-electron chi connectivity index (χ3n) is 5.26. The summed E-state index contributed by atoms with van der Waals surface area (Å²) in [6, 6.07) is 8.21. The zero-order valence-corrected chi connectivity index (χ0v) is 14.3. The van der Waals surface area contributed by atoms with E-state index < -0.39 is 0 Å². The highest BCUT2D eigenvalue weighted by Crippen LogP contribution is 2.41. The minimum absolute atomic E-state index is 0.109. The number of hydrogen-bond acceptors (Lipinski definition) is 5. The van der Waals surface area contributed by atoms with Crippen molar-refractivity contribution >= 4 is 16.8 Å². The monoisotopic (exact) mass is 338 g/mol. The van der Waals surface area contributed by atoms with Gasteiger partial charge in [-0.05, 0) is 43.5 Å². The summed E-state index contributed by atoms with van der Waals surface area (Å²) in [7, 11) is 1.97. The number of rotatable bonds is 5. The van der Waals surface area contributed by atoms with Gasteiger partial charge >= 0.3 is 0 Å². The molecule has 2 fully saturated rings. The van der Waals surface area contributed by atoms with Crippen molar-refractivity contribution in [3.63, 3.8) is 0 Å². The molecule has 1 aliphatic carbocycles. The number of anilines is 1. The first-order valence-corrected chi connectivity index (χ1v) is 9.02. The molecule has 2 atom stereocenters. The Morgan fingerprint density at radius 2 is 2.16 bits per heavy atom. The molecule has 1 aromatic carbocycles. The zero-order chi connectivity index (χ0) is 16.8. The third-order valence-corrected chi connectivity index (χ3v) is 5.26. The number of nitrogens with one attached hydrogen (secondary N) is 1. The number of fused-ring (bicyclic) bond motifs is 1. The van der Waals surface area contributed by atoms with E-state index >= 15 is 0 Å². The Labute approximate surface area is 146 Å². The van der Waals surface area contributed by atoms with Crippen LogP contribution in [0, 0.1) is 5.92 Å². The maximum atomic E-state index is 5.96. The average Bonchev–Trinajstić information content (AvgIpc) is 3.02. The summed E-state index contributed by atoms with van der Waals surface area (Å²) in [5.74, 6) is 1.87. The summed E-state index contributed by atoms with van der Waals surface area (Å²) >= 11 is 0. The highest BCUT2D eigenvalue weighted by molar-refractivity contribution is 5.77. The van der Waals surface area contributed by atoms with E-state index in [-0.39, 0.29) is 6.10 Å². The number of benzene rings is 1. The van der Waals surface area contributed by atoms with Crippen molar-refractivity contribution in [2.24, 2.45) is 13.0 Å². The van der Waals surface area contributed by atoms with Crippen LogP contribution in [0.15, 0.2) is 34.9 Å². The van der Waals surface area contributed by atoms with E-state index in [1.165, 1.54) is 12.8 Å². The van der Waals surface area contributed by atoms with Gasteiger partial charge in [-0.15, -0.1) is 0 Å². The zero-order valence-electron chi connectivity index (χ0n) is 14.3. The maximum Gasteiger partial charge on any atom is 0.198 e. The summed E-state index contributed by atoms with van der Waals surface area (Å²) in [4.78, 5) is 4.64. The Kier molecular flexibility index (Phi) is 3.52. The molecule has 0 radical (unpaired) electrons. The van der Waals surface area contributed by atoms with Gasteiger partial charge in [0.15, 0.2) is 11.5 Å². The molecule has 2 aromatic heterocycles. The summed E-state index contributed by atoms with van der Waals surface area (Å²) in [5.41, 5.74) is 4.05. The summed E-state index contributed by atoms with van der Waals surface area (Å²) < 4.78 is 13.7. The van der Waals surface area contributed by atoms with Crippen molar-refractivity contribution in [3.05, 3.63) is 42.0 Å². The average molecular weight is 338 g/mol. The second kappa shape index (κ2) is 5.88. The van der Waals surface area contributed by atoms with Crippen LogP contribution in [0.2, 0.25) is 0 Å². The molecule has 130 valence electrons. The van der Waals surface area contributed by atoms with E-state index in [1.54, 1.807) is 0 Å². The number of ether oxygens (including phenoxy) is 1. The van der Waals surface area contributed by atoms with Gasteiger partial charge in [0.2, 0.25) is 0 Å². The molecule has 1 aliphatic heterocycles. The van der Waals surface area contributed by atoms with Crippen molar-refractivity contribution in [1.29, 1.82) is 0 Å². The highest BCUT2D eigenvalue weighted by Gasteiger charge is 2.31. The van der Waals surface area contributed by atoms with Gasteiger partial charge in [-0.2, -0.15) is 5.10 Å². The Balaban J connectivity index is 1.30. The molecule has 0 amide bonds. The van der Waals surface area contributed by atoms with Crippen molar-refractivity contribution in [2.45, 2.75) is 31.3 Å². The predicted molar refractivity (Wildman–Crippen MR) is 94.5 cm³/mol. The van der Waals surface area contributed by atoms with Crippen molar-refractivity contribution < 1.29 is 9.15 Å². The number of aromatic nitrogens is 3. The Hall–Kier alpha value is -2.34. The second-order valence-corrected chi connectivity index (χ2v) is 7.11. The first-order chi connectivity index (χ1) is 12.3. The smallest absolute Gasteiger partial charge is 0.198 e. The van der Waals surface area contributed by atoms with E-state index in [4.69, 9.17) is 9.15 Å². The number of hydrogen-bond donors (Lipinski definition) is 1. The molecule has 0 spiro atoms. The molecule has 6 heteroatoms. The van der Waals surface area contributed by atoms with Crippen LogP contribution in [-0.4, -0.2) is 27.9 Å². The summed E-state index contributed by atoms with van der Waals surface area (Å²) in [5, 5.41) is 7.82. The van der Waals surface area contributed by atoms with Gasteiger partial charge < -0.3 is 14.5 Å². The van der Waals surface area contributed by atoms with E-state index in [1.807, 2.05) is 30.1 Å². The van der Waals surface area contributed by atoms with Gasteiger partial charge in [-0.1, -0.05) is 0 Å². The number of oxazole rings is 1. The van der Waals surface area contributed by atoms with E-state index in [0.29, 0.717) is 11.8 Å². The largest absolute Gasteiger partial charge is 0.440 e. The first-order valence-electron chi connectivity index (χ1n) is 9.02. The molecule has 5 rings (SSSR count). The van der Waals surface area contributed by atoms with Gasteiger partial charge in [-0.25, -0.2) is 4.98 Å². The SMILES string of the molecule is Cn1nccc1[C@@H]1OCC[C@H]1CNc1ccc2oc(C3CC3)nc2c1. The van der Waals surface area contributed by atoms with E-state index in [0.717, 1.165) is 47.9 Å². The van der Waals surface area contributed by atoms with Crippen LogP contribution in [0.1, 0.15) is 42.9 Å². The van der Waals surface area contributed by atoms with Crippen molar-refractivity contribution in [3.8, 4) is 0 Å². The number of aryl methyl sites for hydroxylation is 1. The van der Waals surface area contributed by atoms with Gasteiger partial charge in [0, 0.05) is 43.9 Å². The molecule has 1 saturated heterocycles. The van der Waals surface area contributed by atoms with Crippen LogP contribution in [0.25, 0.3) is 11.1 Å². The van der Waals surface area contributed by atoms with Crippen molar-refractivity contribution in [1.82, 2.24) is 14.8 Å². The lowest BCUT2D eigenvalue weighted by atomic mass is 9.99. The van der Waals surface area contributed by atoms with Crippen LogP contribution in [-0.2, 0) is 11.8 Å². The molecule has 1 saturated carbocycles. The summed E-state index contributed by atoms with van der Waals surface area (Å²) in [6.45, 7) is 1.67. The van der Waals surface area contributed by atoms with Gasteiger partial charge in [0.25, 0.3) is 0 Å².